The molecule has 0 radical (unpaired) electrons. The van der Waals surface area contributed by atoms with Gasteiger partial charge in [0.05, 0.1) is 5.75 Å². The lowest BCUT2D eigenvalue weighted by atomic mass is 10.2. The maximum atomic E-state index is 12.4. The van der Waals surface area contributed by atoms with Crippen molar-refractivity contribution in [3.8, 4) is 11.5 Å². The Bertz CT molecular complexity index is 825. The van der Waals surface area contributed by atoms with Crippen LogP contribution in [0.1, 0.15) is 5.56 Å². The van der Waals surface area contributed by atoms with Crippen LogP contribution in [-0.4, -0.2) is 54.4 Å². The van der Waals surface area contributed by atoms with Gasteiger partial charge >= 0.3 is 0 Å². The summed E-state index contributed by atoms with van der Waals surface area (Å²) in [7, 11) is 0. The third kappa shape index (κ3) is 5.37. The van der Waals surface area contributed by atoms with Gasteiger partial charge in [0.25, 0.3) is 0 Å². The molecule has 2 aromatic rings. The number of nitrogens with one attached hydrogen (secondary N) is 1. The zero-order valence-electron chi connectivity index (χ0n) is 15.7. The highest BCUT2D eigenvalue weighted by atomic mass is 32.2. The number of anilines is 1. The van der Waals surface area contributed by atoms with E-state index in [4.69, 9.17) is 9.47 Å². The molecule has 2 heterocycles. The van der Waals surface area contributed by atoms with E-state index in [0.29, 0.717) is 19.0 Å². The first-order valence-corrected chi connectivity index (χ1v) is 11.6. The number of ether oxygens (including phenoxy) is 2. The molecule has 4 rings (SSSR count). The third-order valence-corrected chi connectivity index (χ3v) is 6.54. The largest absolute Gasteiger partial charge is 0.486 e. The molecule has 1 fully saturated rings. The molecule has 2 aliphatic heterocycles. The molecule has 0 saturated carbocycles. The number of carbonyl (C=O) groups is 1. The molecule has 1 N–H and O–H groups in total. The summed E-state index contributed by atoms with van der Waals surface area (Å²) in [4.78, 5) is 15.8. The predicted molar refractivity (Wildman–Crippen MR) is 116 cm³/mol. The van der Waals surface area contributed by atoms with E-state index >= 15 is 0 Å². The monoisotopic (exact) mass is 416 g/mol. The maximum Gasteiger partial charge on any atom is 0.234 e. The first-order valence-electron chi connectivity index (χ1n) is 9.48. The molecule has 148 valence electrons. The molecule has 0 unspecified atom stereocenters. The molecule has 28 heavy (non-hydrogen) atoms. The van der Waals surface area contributed by atoms with Crippen molar-refractivity contribution in [1.29, 1.82) is 0 Å². The van der Waals surface area contributed by atoms with E-state index < -0.39 is 0 Å². The lowest BCUT2D eigenvalue weighted by molar-refractivity contribution is -0.113. The van der Waals surface area contributed by atoms with E-state index in [9.17, 15) is 4.79 Å². The smallest absolute Gasteiger partial charge is 0.234 e. The SMILES string of the molecule is O=C(CSc1ccc2c(c1)OCCO2)Nc1cccc(CN2CCSCC2)c1. The molecule has 7 heteroatoms. The third-order valence-electron chi connectivity index (χ3n) is 4.60. The van der Waals surface area contributed by atoms with Gasteiger partial charge in [-0.2, -0.15) is 11.8 Å². The van der Waals surface area contributed by atoms with E-state index in [0.717, 1.165) is 41.7 Å². The minimum Gasteiger partial charge on any atom is -0.486 e. The van der Waals surface area contributed by atoms with Crippen LogP contribution in [0, 0.1) is 0 Å². The Kier molecular flexibility index (Phi) is 6.67. The second-order valence-corrected chi connectivity index (χ2v) is 9.00. The summed E-state index contributed by atoms with van der Waals surface area (Å²) in [5, 5.41) is 3.01. The fourth-order valence-electron chi connectivity index (χ4n) is 3.22. The Morgan fingerprint density at radius 3 is 2.75 bits per heavy atom. The Labute approximate surface area is 174 Å². The Morgan fingerprint density at radius 1 is 1.07 bits per heavy atom. The number of hydrogen-bond acceptors (Lipinski definition) is 6. The van der Waals surface area contributed by atoms with Crippen LogP contribution in [0.5, 0.6) is 11.5 Å². The lowest BCUT2D eigenvalue weighted by Gasteiger charge is -2.26. The van der Waals surface area contributed by atoms with Crippen molar-refractivity contribution in [2.75, 3.05) is 48.9 Å². The molecule has 1 amide bonds. The van der Waals surface area contributed by atoms with Crippen molar-refractivity contribution in [3.63, 3.8) is 0 Å². The minimum atomic E-state index is -0.00795. The fraction of sp³-hybridized carbons (Fsp3) is 0.381. The average Bonchev–Trinajstić information content (AvgIpc) is 2.73. The fourth-order valence-corrected chi connectivity index (χ4v) is 4.93. The van der Waals surface area contributed by atoms with E-state index in [-0.39, 0.29) is 5.91 Å². The van der Waals surface area contributed by atoms with Gasteiger partial charge in [0, 0.05) is 41.7 Å². The van der Waals surface area contributed by atoms with Crippen molar-refractivity contribution in [2.45, 2.75) is 11.4 Å². The summed E-state index contributed by atoms with van der Waals surface area (Å²) < 4.78 is 11.1. The highest BCUT2D eigenvalue weighted by Gasteiger charge is 2.13. The Hall–Kier alpha value is -1.83. The maximum absolute atomic E-state index is 12.4. The summed E-state index contributed by atoms with van der Waals surface area (Å²) in [6, 6.07) is 14.0. The topological polar surface area (TPSA) is 50.8 Å². The molecule has 2 aliphatic rings. The number of nitrogens with zero attached hydrogens (tertiary/aromatic N) is 1. The number of fused-ring (bicyclic) bond motifs is 1. The molecule has 2 aromatic carbocycles. The van der Waals surface area contributed by atoms with Gasteiger partial charge in [-0.05, 0) is 35.9 Å². The molecule has 5 nitrogen and oxygen atoms in total. The van der Waals surface area contributed by atoms with Crippen LogP contribution in [0.25, 0.3) is 0 Å². The molecule has 0 atom stereocenters. The summed E-state index contributed by atoms with van der Waals surface area (Å²) >= 11 is 3.51. The van der Waals surface area contributed by atoms with Crippen molar-refractivity contribution < 1.29 is 14.3 Å². The van der Waals surface area contributed by atoms with Gasteiger partial charge in [-0.3, -0.25) is 9.69 Å². The van der Waals surface area contributed by atoms with Crippen LogP contribution < -0.4 is 14.8 Å². The van der Waals surface area contributed by atoms with Crippen LogP contribution in [0.4, 0.5) is 5.69 Å². The molecular weight excluding hydrogens is 392 g/mol. The molecule has 0 bridgehead atoms. The van der Waals surface area contributed by atoms with E-state index in [1.54, 1.807) is 0 Å². The molecule has 1 saturated heterocycles. The van der Waals surface area contributed by atoms with Crippen LogP contribution in [0.2, 0.25) is 0 Å². The van der Waals surface area contributed by atoms with Gasteiger partial charge in [-0.15, -0.1) is 11.8 Å². The van der Waals surface area contributed by atoms with E-state index in [1.807, 2.05) is 42.1 Å². The number of thioether (sulfide) groups is 2. The van der Waals surface area contributed by atoms with Gasteiger partial charge in [-0.25, -0.2) is 0 Å². The standard InChI is InChI=1S/C21H24N2O3S2/c24-21(15-28-18-4-5-19-20(13-18)26-9-8-25-19)22-17-3-1-2-16(12-17)14-23-6-10-27-11-7-23/h1-5,12-13H,6-11,14-15H2,(H,22,24). The molecular formula is C21H24N2O3S2. The van der Waals surface area contributed by atoms with Gasteiger partial charge in [0.1, 0.15) is 13.2 Å². The summed E-state index contributed by atoms with van der Waals surface area (Å²) in [5.74, 6) is 4.27. The highest BCUT2D eigenvalue weighted by Crippen LogP contribution is 2.34. The highest BCUT2D eigenvalue weighted by molar-refractivity contribution is 8.00. The van der Waals surface area contributed by atoms with E-state index in [2.05, 4.69) is 22.3 Å². The second kappa shape index (κ2) is 9.58. The summed E-state index contributed by atoms with van der Waals surface area (Å²) in [5.41, 5.74) is 2.10. The van der Waals surface area contributed by atoms with Crippen LogP contribution in [-0.2, 0) is 11.3 Å². The number of carbonyl (C=O) groups excluding carboxylic acids is 1. The average molecular weight is 417 g/mol. The first kappa shape index (κ1) is 19.5. The van der Waals surface area contributed by atoms with E-state index in [1.165, 1.54) is 28.8 Å². The quantitative estimate of drug-likeness (QED) is 0.724. The molecule has 0 aliphatic carbocycles. The van der Waals surface area contributed by atoms with Gasteiger partial charge < -0.3 is 14.8 Å². The summed E-state index contributed by atoms with van der Waals surface area (Å²) in [6.45, 7) is 4.35. The van der Waals surface area contributed by atoms with Gasteiger partial charge in [0.15, 0.2) is 11.5 Å². The second-order valence-electron chi connectivity index (χ2n) is 6.73. The number of amides is 1. The Morgan fingerprint density at radius 2 is 1.89 bits per heavy atom. The van der Waals surface area contributed by atoms with Gasteiger partial charge in [-0.1, -0.05) is 12.1 Å². The lowest BCUT2D eigenvalue weighted by Crippen LogP contribution is -2.31. The number of benzene rings is 2. The van der Waals surface area contributed by atoms with Crippen molar-refractivity contribution in [3.05, 3.63) is 48.0 Å². The normalized spacial score (nSPS) is 16.6. The number of rotatable bonds is 6. The molecule has 0 spiro atoms. The van der Waals surface area contributed by atoms with Crippen molar-refractivity contribution >= 4 is 35.1 Å². The molecule has 0 aromatic heterocycles. The van der Waals surface area contributed by atoms with Crippen LogP contribution in [0.3, 0.4) is 0 Å². The minimum absolute atomic E-state index is 0.00795. The van der Waals surface area contributed by atoms with Crippen LogP contribution >= 0.6 is 23.5 Å². The number of hydrogen-bond donors (Lipinski definition) is 1. The predicted octanol–water partition coefficient (Wildman–Crippen LogP) is 3.74. The van der Waals surface area contributed by atoms with Gasteiger partial charge in [0.2, 0.25) is 5.91 Å². The van der Waals surface area contributed by atoms with Crippen molar-refractivity contribution in [2.24, 2.45) is 0 Å². The zero-order chi connectivity index (χ0) is 19.2. The first-order chi connectivity index (χ1) is 13.8. The van der Waals surface area contributed by atoms with Crippen molar-refractivity contribution in [1.82, 2.24) is 4.90 Å². The summed E-state index contributed by atoms with van der Waals surface area (Å²) in [6.07, 6.45) is 0. The Balaban J connectivity index is 1.29. The van der Waals surface area contributed by atoms with Crippen LogP contribution in [0.15, 0.2) is 47.4 Å². The zero-order valence-corrected chi connectivity index (χ0v) is 17.3.